The first-order chi connectivity index (χ1) is 10.2. The molecule has 0 saturated heterocycles. The summed E-state index contributed by atoms with van der Waals surface area (Å²) in [6.45, 7) is 8.58. The minimum atomic E-state index is 0.320. The maximum Gasteiger partial charge on any atom is 0.0665 e. The molecule has 0 amide bonds. The zero-order valence-corrected chi connectivity index (χ0v) is 13.9. The first-order valence-electron chi connectivity index (χ1n) is 8.63. The Morgan fingerprint density at radius 3 is 2.71 bits per heavy atom. The van der Waals surface area contributed by atoms with Gasteiger partial charge in [-0.15, -0.1) is 0 Å². The Labute approximate surface area is 130 Å². The van der Waals surface area contributed by atoms with Crippen LogP contribution in [0.25, 0.3) is 0 Å². The van der Waals surface area contributed by atoms with Crippen molar-refractivity contribution in [2.75, 3.05) is 13.2 Å². The molecule has 1 aliphatic rings. The summed E-state index contributed by atoms with van der Waals surface area (Å²) in [6.07, 6.45) is 6.86. The van der Waals surface area contributed by atoms with Gasteiger partial charge in [-0.1, -0.05) is 51.0 Å². The Balaban J connectivity index is 1.97. The third kappa shape index (κ3) is 4.82. The largest absolute Gasteiger partial charge is 0.376 e. The van der Waals surface area contributed by atoms with Gasteiger partial charge in [-0.25, -0.2) is 0 Å². The highest BCUT2D eigenvalue weighted by molar-refractivity contribution is 5.28. The lowest BCUT2D eigenvalue weighted by molar-refractivity contribution is -0.0153. The number of hydrogen-bond acceptors (Lipinski definition) is 2. The van der Waals surface area contributed by atoms with Crippen LogP contribution < -0.4 is 5.32 Å². The van der Waals surface area contributed by atoms with Gasteiger partial charge in [-0.3, -0.25) is 0 Å². The van der Waals surface area contributed by atoms with Gasteiger partial charge in [-0.2, -0.15) is 0 Å². The zero-order valence-electron chi connectivity index (χ0n) is 13.9. The molecule has 0 bridgehead atoms. The quantitative estimate of drug-likeness (QED) is 0.790. The number of aryl methyl sites for hydroxylation is 1. The first-order valence-corrected chi connectivity index (χ1v) is 8.63. The van der Waals surface area contributed by atoms with E-state index >= 15 is 0 Å². The van der Waals surface area contributed by atoms with Crippen LogP contribution in [0.1, 0.15) is 63.1 Å². The van der Waals surface area contributed by atoms with Crippen molar-refractivity contribution in [2.24, 2.45) is 5.92 Å². The molecule has 1 aromatic rings. The van der Waals surface area contributed by atoms with Crippen molar-refractivity contribution in [1.29, 1.82) is 0 Å². The fraction of sp³-hybridized carbons (Fsp3) is 0.684. The van der Waals surface area contributed by atoms with Crippen LogP contribution in [0.15, 0.2) is 24.3 Å². The van der Waals surface area contributed by atoms with Crippen molar-refractivity contribution in [2.45, 2.75) is 65.0 Å². The number of nitrogens with one attached hydrogen (secondary N) is 1. The van der Waals surface area contributed by atoms with E-state index in [1.165, 1.54) is 36.8 Å². The van der Waals surface area contributed by atoms with Crippen molar-refractivity contribution >= 4 is 0 Å². The Hall–Kier alpha value is -0.860. The van der Waals surface area contributed by atoms with Gasteiger partial charge >= 0.3 is 0 Å². The second-order valence-corrected chi connectivity index (χ2v) is 6.50. The summed E-state index contributed by atoms with van der Waals surface area (Å²) in [5, 5.41) is 3.66. The lowest BCUT2D eigenvalue weighted by atomic mass is 9.88. The molecule has 1 N–H and O–H groups in total. The normalized spacial score (nSPS) is 24.0. The SMILES string of the molecule is CCCNC(COC1CCCCC1C)c1ccccc1C. The Morgan fingerprint density at radius 1 is 1.24 bits per heavy atom. The molecular weight excluding hydrogens is 258 g/mol. The van der Waals surface area contributed by atoms with E-state index in [1.807, 2.05) is 0 Å². The first kappa shape index (κ1) is 16.5. The molecule has 0 radical (unpaired) electrons. The molecule has 0 aromatic heterocycles. The molecular formula is C19H31NO. The minimum absolute atomic E-state index is 0.320. The molecule has 2 nitrogen and oxygen atoms in total. The summed E-state index contributed by atoms with van der Waals surface area (Å²) in [4.78, 5) is 0. The monoisotopic (exact) mass is 289 g/mol. The molecule has 3 atom stereocenters. The number of ether oxygens (including phenoxy) is 1. The van der Waals surface area contributed by atoms with Crippen LogP contribution in [-0.2, 0) is 4.74 Å². The number of rotatable bonds is 7. The Morgan fingerprint density at radius 2 is 2.00 bits per heavy atom. The molecule has 0 spiro atoms. The maximum absolute atomic E-state index is 6.30. The molecule has 1 aromatic carbocycles. The summed E-state index contributed by atoms with van der Waals surface area (Å²) in [5.41, 5.74) is 2.74. The molecule has 2 rings (SSSR count). The lowest BCUT2D eigenvalue weighted by Crippen LogP contribution is -2.32. The van der Waals surface area contributed by atoms with Crippen LogP contribution in [0.3, 0.4) is 0 Å². The maximum atomic E-state index is 6.30. The Bertz CT molecular complexity index is 418. The van der Waals surface area contributed by atoms with E-state index in [2.05, 4.69) is 50.4 Å². The van der Waals surface area contributed by atoms with Crippen molar-refractivity contribution in [3.05, 3.63) is 35.4 Å². The Kier molecular flexibility index (Phi) is 6.72. The summed E-state index contributed by atoms with van der Waals surface area (Å²) in [6, 6.07) is 8.99. The zero-order chi connectivity index (χ0) is 15.1. The van der Waals surface area contributed by atoms with E-state index in [-0.39, 0.29) is 0 Å². The summed E-state index contributed by atoms with van der Waals surface area (Å²) < 4.78 is 6.30. The van der Waals surface area contributed by atoms with Crippen molar-refractivity contribution in [3.8, 4) is 0 Å². The van der Waals surface area contributed by atoms with Gasteiger partial charge in [0.05, 0.1) is 18.8 Å². The predicted octanol–water partition coefficient (Wildman–Crippen LogP) is 4.63. The molecule has 118 valence electrons. The third-order valence-electron chi connectivity index (χ3n) is 4.71. The number of hydrogen-bond donors (Lipinski definition) is 1. The van der Waals surface area contributed by atoms with E-state index < -0.39 is 0 Å². The molecule has 2 heteroatoms. The standard InChI is InChI=1S/C19H31NO/c1-4-13-20-18(17-11-7-5-9-15(17)2)14-21-19-12-8-6-10-16(19)3/h5,7,9,11,16,18-20H,4,6,8,10,12-14H2,1-3H3. The summed E-state index contributed by atoms with van der Waals surface area (Å²) in [5.74, 6) is 0.711. The van der Waals surface area contributed by atoms with E-state index in [0.29, 0.717) is 18.1 Å². The lowest BCUT2D eigenvalue weighted by Gasteiger charge is -2.31. The summed E-state index contributed by atoms with van der Waals surface area (Å²) in [7, 11) is 0. The topological polar surface area (TPSA) is 21.3 Å². The van der Waals surface area contributed by atoms with Crippen molar-refractivity contribution in [1.82, 2.24) is 5.32 Å². The van der Waals surface area contributed by atoms with Crippen LogP contribution in [-0.4, -0.2) is 19.3 Å². The fourth-order valence-corrected chi connectivity index (χ4v) is 3.30. The molecule has 0 heterocycles. The summed E-state index contributed by atoms with van der Waals surface area (Å²) >= 11 is 0. The van der Waals surface area contributed by atoms with E-state index in [9.17, 15) is 0 Å². The average Bonchev–Trinajstić information content (AvgIpc) is 2.50. The number of benzene rings is 1. The van der Waals surface area contributed by atoms with Gasteiger partial charge in [0.25, 0.3) is 0 Å². The second-order valence-electron chi connectivity index (χ2n) is 6.50. The van der Waals surface area contributed by atoms with E-state index in [0.717, 1.165) is 19.6 Å². The highest BCUT2D eigenvalue weighted by atomic mass is 16.5. The van der Waals surface area contributed by atoms with Gasteiger partial charge in [0.15, 0.2) is 0 Å². The van der Waals surface area contributed by atoms with Gasteiger partial charge in [0, 0.05) is 0 Å². The van der Waals surface area contributed by atoms with Crippen LogP contribution in [0.4, 0.5) is 0 Å². The van der Waals surface area contributed by atoms with Crippen LogP contribution in [0, 0.1) is 12.8 Å². The fourth-order valence-electron chi connectivity index (χ4n) is 3.30. The molecule has 1 aliphatic carbocycles. The van der Waals surface area contributed by atoms with Crippen LogP contribution in [0.5, 0.6) is 0 Å². The molecule has 1 fully saturated rings. The van der Waals surface area contributed by atoms with Gasteiger partial charge in [0.1, 0.15) is 0 Å². The van der Waals surface area contributed by atoms with E-state index in [4.69, 9.17) is 4.74 Å². The third-order valence-corrected chi connectivity index (χ3v) is 4.71. The molecule has 3 unspecified atom stereocenters. The van der Waals surface area contributed by atoms with Gasteiger partial charge in [-0.05, 0) is 49.8 Å². The predicted molar refractivity (Wildman–Crippen MR) is 89.6 cm³/mol. The highest BCUT2D eigenvalue weighted by Crippen LogP contribution is 2.28. The highest BCUT2D eigenvalue weighted by Gasteiger charge is 2.23. The van der Waals surface area contributed by atoms with Gasteiger partial charge in [0.2, 0.25) is 0 Å². The molecule has 21 heavy (non-hydrogen) atoms. The second kappa shape index (κ2) is 8.55. The minimum Gasteiger partial charge on any atom is -0.376 e. The van der Waals surface area contributed by atoms with Crippen molar-refractivity contribution in [3.63, 3.8) is 0 Å². The van der Waals surface area contributed by atoms with Crippen LogP contribution in [0.2, 0.25) is 0 Å². The molecule has 0 aliphatic heterocycles. The molecule has 1 saturated carbocycles. The average molecular weight is 289 g/mol. The van der Waals surface area contributed by atoms with Crippen molar-refractivity contribution < 1.29 is 4.74 Å². The van der Waals surface area contributed by atoms with Gasteiger partial charge < -0.3 is 10.1 Å². The van der Waals surface area contributed by atoms with E-state index in [1.54, 1.807) is 0 Å². The smallest absolute Gasteiger partial charge is 0.0665 e. The van der Waals surface area contributed by atoms with Crippen LogP contribution >= 0.6 is 0 Å².